The quantitative estimate of drug-likeness (QED) is 0.723. The van der Waals surface area contributed by atoms with Crippen LogP contribution in [0.15, 0.2) is 29.3 Å². The van der Waals surface area contributed by atoms with E-state index in [1.165, 1.54) is 12.1 Å². The second-order valence-electron chi connectivity index (χ2n) is 3.73. The van der Waals surface area contributed by atoms with Gasteiger partial charge in [0.2, 0.25) is 0 Å². The van der Waals surface area contributed by atoms with Gasteiger partial charge in [-0.3, -0.25) is 9.59 Å². The van der Waals surface area contributed by atoms with Crippen LogP contribution in [0.1, 0.15) is 6.42 Å². The molecule has 0 saturated carbocycles. The van der Waals surface area contributed by atoms with E-state index in [1.807, 2.05) is 0 Å². The van der Waals surface area contributed by atoms with Crippen molar-refractivity contribution in [2.45, 2.75) is 13.0 Å². The Morgan fingerprint density at radius 1 is 1.47 bits per heavy atom. The maximum Gasteiger partial charge on any atom is 0.181 e. The second-order valence-corrected chi connectivity index (χ2v) is 3.73. The van der Waals surface area contributed by atoms with E-state index in [0.29, 0.717) is 19.8 Å². The van der Waals surface area contributed by atoms with E-state index < -0.39 is 0 Å². The van der Waals surface area contributed by atoms with Gasteiger partial charge in [-0.2, -0.15) is 0 Å². The minimum atomic E-state index is -0.0390. The van der Waals surface area contributed by atoms with Crippen molar-refractivity contribution in [2.24, 2.45) is 5.92 Å². The van der Waals surface area contributed by atoms with Crippen LogP contribution in [-0.4, -0.2) is 23.6 Å². The number of ketones is 1. The molecule has 0 spiro atoms. The van der Waals surface area contributed by atoms with Gasteiger partial charge in [0.1, 0.15) is 0 Å². The standard InChI is InChI=1S/C11H13NO3/c13-10-1-4-12(5-2-10)7-11(14)9-3-6-15-8-9/h1-2,4-5,9H,3,6-8H2. The van der Waals surface area contributed by atoms with Crippen LogP contribution in [0, 0.1) is 5.92 Å². The molecule has 15 heavy (non-hydrogen) atoms. The topological polar surface area (TPSA) is 48.3 Å². The number of hydrogen-bond acceptors (Lipinski definition) is 3. The maximum atomic E-state index is 11.7. The lowest BCUT2D eigenvalue weighted by molar-refractivity contribution is -0.123. The number of carbonyl (C=O) groups is 1. The third-order valence-electron chi connectivity index (χ3n) is 2.58. The average Bonchev–Trinajstić information content (AvgIpc) is 2.74. The third kappa shape index (κ3) is 2.53. The Balaban J connectivity index is 1.99. The van der Waals surface area contributed by atoms with Crippen LogP contribution >= 0.6 is 0 Å². The SMILES string of the molecule is O=C(Cn1ccc(=O)cc1)C1CCOC1. The van der Waals surface area contributed by atoms with E-state index in [2.05, 4.69) is 0 Å². The van der Waals surface area contributed by atoms with Gasteiger partial charge >= 0.3 is 0 Å². The van der Waals surface area contributed by atoms with Crippen LogP contribution in [-0.2, 0) is 16.1 Å². The van der Waals surface area contributed by atoms with E-state index in [9.17, 15) is 9.59 Å². The predicted molar refractivity (Wildman–Crippen MR) is 54.6 cm³/mol. The smallest absolute Gasteiger partial charge is 0.181 e. The molecule has 1 unspecified atom stereocenters. The molecule has 4 heteroatoms. The van der Waals surface area contributed by atoms with Crippen molar-refractivity contribution in [1.29, 1.82) is 0 Å². The first-order valence-corrected chi connectivity index (χ1v) is 5.02. The predicted octanol–water partition coefficient (Wildman–Crippen LogP) is 0.454. The van der Waals surface area contributed by atoms with Crippen molar-refractivity contribution in [3.63, 3.8) is 0 Å². The van der Waals surface area contributed by atoms with Gasteiger partial charge in [0, 0.05) is 37.1 Å². The molecule has 2 rings (SSSR count). The molecule has 0 aromatic carbocycles. The fraction of sp³-hybridized carbons (Fsp3) is 0.455. The van der Waals surface area contributed by atoms with E-state index in [1.54, 1.807) is 17.0 Å². The highest BCUT2D eigenvalue weighted by Gasteiger charge is 2.22. The summed E-state index contributed by atoms with van der Waals surface area (Å²) >= 11 is 0. The largest absolute Gasteiger partial charge is 0.381 e. The molecule has 4 nitrogen and oxygen atoms in total. The van der Waals surface area contributed by atoms with E-state index >= 15 is 0 Å². The van der Waals surface area contributed by atoms with Crippen LogP contribution in [0.4, 0.5) is 0 Å². The lowest BCUT2D eigenvalue weighted by atomic mass is 10.0. The molecule has 1 atom stereocenters. The zero-order valence-corrected chi connectivity index (χ0v) is 8.39. The number of aromatic nitrogens is 1. The molecule has 0 radical (unpaired) electrons. The number of ether oxygens (including phenoxy) is 1. The summed E-state index contributed by atoms with van der Waals surface area (Å²) in [5, 5.41) is 0. The zero-order chi connectivity index (χ0) is 10.7. The van der Waals surface area contributed by atoms with E-state index in [-0.39, 0.29) is 17.1 Å². The van der Waals surface area contributed by atoms with Crippen LogP contribution in [0.25, 0.3) is 0 Å². The molecular formula is C11H13NO3. The Hall–Kier alpha value is -1.42. The van der Waals surface area contributed by atoms with Crippen molar-refractivity contribution in [3.8, 4) is 0 Å². The van der Waals surface area contributed by atoms with Crippen molar-refractivity contribution in [2.75, 3.05) is 13.2 Å². The van der Waals surface area contributed by atoms with E-state index in [4.69, 9.17) is 4.74 Å². The third-order valence-corrected chi connectivity index (χ3v) is 2.58. The summed E-state index contributed by atoms with van der Waals surface area (Å²) in [5.74, 6) is 0.209. The Morgan fingerprint density at radius 3 is 2.80 bits per heavy atom. The highest BCUT2D eigenvalue weighted by atomic mass is 16.5. The molecule has 1 saturated heterocycles. The van der Waals surface area contributed by atoms with Gasteiger partial charge < -0.3 is 9.30 Å². The first kappa shape index (κ1) is 10.1. The summed E-state index contributed by atoms with van der Waals surface area (Å²) in [7, 11) is 0. The van der Waals surface area contributed by atoms with Gasteiger partial charge in [0.25, 0.3) is 0 Å². The summed E-state index contributed by atoms with van der Waals surface area (Å²) in [6.07, 6.45) is 4.09. The molecule has 1 aromatic heterocycles. The van der Waals surface area contributed by atoms with Gasteiger partial charge in [-0.1, -0.05) is 0 Å². The summed E-state index contributed by atoms with van der Waals surface area (Å²) in [6, 6.07) is 2.91. The minimum Gasteiger partial charge on any atom is -0.381 e. The molecular weight excluding hydrogens is 194 g/mol. The number of carbonyl (C=O) groups excluding carboxylic acids is 1. The molecule has 0 amide bonds. The number of pyridine rings is 1. The fourth-order valence-corrected chi connectivity index (χ4v) is 1.65. The van der Waals surface area contributed by atoms with E-state index in [0.717, 1.165) is 6.42 Å². The fourth-order valence-electron chi connectivity index (χ4n) is 1.65. The Kier molecular flexibility index (Phi) is 2.97. The Bertz CT molecular complexity index is 384. The van der Waals surface area contributed by atoms with Gasteiger partial charge in [0.15, 0.2) is 11.2 Å². The Morgan fingerprint density at radius 2 is 2.20 bits per heavy atom. The lowest BCUT2D eigenvalue weighted by Crippen LogP contribution is -2.20. The highest BCUT2D eigenvalue weighted by Crippen LogP contribution is 2.13. The number of hydrogen-bond donors (Lipinski definition) is 0. The van der Waals surface area contributed by atoms with Crippen molar-refractivity contribution in [1.82, 2.24) is 4.57 Å². The lowest BCUT2D eigenvalue weighted by Gasteiger charge is -2.08. The average molecular weight is 207 g/mol. The molecule has 1 aromatic rings. The first-order valence-electron chi connectivity index (χ1n) is 5.02. The van der Waals surface area contributed by atoms with Crippen LogP contribution in [0.2, 0.25) is 0 Å². The summed E-state index contributed by atoms with van der Waals surface area (Å²) in [6.45, 7) is 1.55. The van der Waals surface area contributed by atoms with Crippen molar-refractivity contribution < 1.29 is 9.53 Å². The number of Topliss-reactive ketones (excluding diaryl/α,β-unsaturated/α-hetero) is 1. The maximum absolute atomic E-state index is 11.7. The van der Waals surface area contributed by atoms with Gasteiger partial charge in [-0.15, -0.1) is 0 Å². The molecule has 0 bridgehead atoms. The van der Waals surface area contributed by atoms with Crippen LogP contribution in [0.3, 0.4) is 0 Å². The number of nitrogens with zero attached hydrogens (tertiary/aromatic N) is 1. The minimum absolute atomic E-state index is 0.0319. The van der Waals surface area contributed by atoms with Gasteiger partial charge in [-0.05, 0) is 6.42 Å². The summed E-state index contributed by atoms with van der Waals surface area (Å²) in [4.78, 5) is 22.6. The van der Waals surface area contributed by atoms with Crippen molar-refractivity contribution >= 4 is 5.78 Å². The Labute approximate surface area is 87.5 Å². The molecule has 2 heterocycles. The zero-order valence-electron chi connectivity index (χ0n) is 8.39. The molecule has 80 valence electrons. The number of rotatable bonds is 3. The molecule has 1 aliphatic heterocycles. The highest BCUT2D eigenvalue weighted by molar-refractivity contribution is 5.81. The van der Waals surface area contributed by atoms with Gasteiger partial charge in [-0.25, -0.2) is 0 Å². The molecule has 1 fully saturated rings. The monoisotopic (exact) mass is 207 g/mol. The normalized spacial score (nSPS) is 20.4. The molecule has 0 aliphatic carbocycles. The second kappa shape index (κ2) is 4.40. The first-order chi connectivity index (χ1) is 7.25. The van der Waals surface area contributed by atoms with Crippen LogP contribution in [0.5, 0.6) is 0 Å². The molecule has 0 N–H and O–H groups in total. The summed E-state index contributed by atoms with van der Waals surface area (Å²) < 4.78 is 6.88. The molecule has 1 aliphatic rings. The van der Waals surface area contributed by atoms with Crippen LogP contribution < -0.4 is 5.43 Å². The summed E-state index contributed by atoms with van der Waals surface area (Å²) in [5.41, 5.74) is -0.0390. The van der Waals surface area contributed by atoms with Gasteiger partial charge in [0.05, 0.1) is 13.2 Å². The van der Waals surface area contributed by atoms with Crippen molar-refractivity contribution in [3.05, 3.63) is 34.7 Å².